The fraction of sp³-hybridized carbons (Fsp3) is 0.400. The molecule has 0 saturated carbocycles. The number of hydrogen-bond donors (Lipinski definition) is 1. The molecule has 19 heavy (non-hydrogen) atoms. The minimum atomic E-state index is -4.59. The van der Waals surface area contributed by atoms with Crippen LogP contribution >= 0.6 is 0 Å². The Labute approximate surface area is 105 Å². The summed E-state index contributed by atoms with van der Waals surface area (Å²) in [5, 5.41) is 9.64. The highest BCUT2D eigenvalue weighted by Crippen LogP contribution is 2.26. The standard InChI is InChI=1S/C10H10F3N5O/c1-2-7-14-8(16-15-7)5-18-9(19)4-3-6(17-18)10(11,12)13/h3-4H,2,5H2,1H3,(H,14,15,16). The molecule has 0 aliphatic carbocycles. The van der Waals surface area contributed by atoms with Crippen molar-refractivity contribution in [3.05, 3.63) is 39.8 Å². The Morgan fingerprint density at radius 1 is 1.37 bits per heavy atom. The first-order valence-electron chi connectivity index (χ1n) is 5.45. The summed E-state index contributed by atoms with van der Waals surface area (Å²) in [6.07, 6.45) is -4.01. The number of hydrogen-bond acceptors (Lipinski definition) is 4. The Balaban J connectivity index is 2.31. The Bertz CT molecular complexity index is 631. The molecule has 0 bridgehead atoms. The summed E-state index contributed by atoms with van der Waals surface area (Å²) in [6.45, 7) is 1.65. The normalized spacial score (nSPS) is 11.8. The number of aromatic amines is 1. The van der Waals surface area contributed by atoms with Crippen molar-refractivity contribution in [2.45, 2.75) is 26.1 Å². The highest BCUT2D eigenvalue weighted by molar-refractivity contribution is 5.05. The largest absolute Gasteiger partial charge is 0.435 e. The molecule has 2 aromatic rings. The van der Waals surface area contributed by atoms with Gasteiger partial charge in [0.15, 0.2) is 11.5 Å². The van der Waals surface area contributed by atoms with E-state index < -0.39 is 17.4 Å². The van der Waals surface area contributed by atoms with Crippen LogP contribution in [0.2, 0.25) is 0 Å². The zero-order chi connectivity index (χ0) is 14.0. The number of aromatic nitrogens is 5. The lowest BCUT2D eigenvalue weighted by Gasteiger charge is -2.07. The third-order valence-corrected chi connectivity index (χ3v) is 2.35. The van der Waals surface area contributed by atoms with Crippen LogP contribution < -0.4 is 5.56 Å². The molecule has 0 aliphatic rings. The van der Waals surface area contributed by atoms with Crippen LogP contribution in [0.15, 0.2) is 16.9 Å². The zero-order valence-corrected chi connectivity index (χ0v) is 9.90. The van der Waals surface area contributed by atoms with Crippen molar-refractivity contribution in [1.29, 1.82) is 0 Å². The molecule has 0 spiro atoms. The van der Waals surface area contributed by atoms with Crippen LogP contribution in [0.4, 0.5) is 13.2 Å². The van der Waals surface area contributed by atoms with Crippen LogP contribution in [0, 0.1) is 0 Å². The van der Waals surface area contributed by atoms with Crippen LogP contribution in [-0.4, -0.2) is 25.0 Å². The molecule has 0 saturated heterocycles. The van der Waals surface area contributed by atoms with Gasteiger partial charge in [0.05, 0.1) is 0 Å². The second-order valence-corrected chi connectivity index (χ2v) is 3.76. The SMILES string of the molecule is CCc1n[nH]c(Cn2nc(C(F)(F)F)ccc2=O)n1. The van der Waals surface area contributed by atoms with Gasteiger partial charge in [0.25, 0.3) is 5.56 Å². The van der Waals surface area contributed by atoms with Crippen LogP contribution in [0.1, 0.15) is 24.3 Å². The maximum absolute atomic E-state index is 12.5. The van der Waals surface area contributed by atoms with Crippen molar-refractivity contribution in [3.8, 4) is 0 Å². The molecule has 0 unspecified atom stereocenters. The average Bonchev–Trinajstić information content (AvgIpc) is 2.78. The molecule has 9 heteroatoms. The first kappa shape index (κ1) is 13.2. The minimum absolute atomic E-state index is 0.185. The van der Waals surface area contributed by atoms with Crippen molar-refractivity contribution in [3.63, 3.8) is 0 Å². The van der Waals surface area contributed by atoms with Gasteiger partial charge in [-0.25, -0.2) is 9.67 Å². The molecule has 0 aliphatic heterocycles. The van der Waals surface area contributed by atoms with E-state index >= 15 is 0 Å². The van der Waals surface area contributed by atoms with Gasteiger partial charge < -0.3 is 0 Å². The first-order chi connectivity index (χ1) is 8.90. The molecule has 102 valence electrons. The predicted octanol–water partition coefficient (Wildman–Crippen LogP) is 0.991. The van der Waals surface area contributed by atoms with E-state index in [0.717, 1.165) is 6.07 Å². The Morgan fingerprint density at radius 2 is 2.11 bits per heavy atom. The molecule has 1 N–H and O–H groups in total. The van der Waals surface area contributed by atoms with E-state index in [1.165, 1.54) is 0 Å². The van der Waals surface area contributed by atoms with Crippen molar-refractivity contribution in [2.24, 2.45) is 0 Å². The maximum Gasteiger partial charge on any atom is 0.435 e. The summed E-state index contributed by atoms with van der Waals surface area (Å²) in [4.78, 5) is 15.5. The van der Waals surface area contributed by atoms with Gasteiger partial charge in [-0.15, -0.1) is 0 Å². The Hall–Kier alpha value is -2.19. The molecule has 0 radical (unpaired) electrons. The molecule has 0 atom stereocenters. The molecule has 0 aromatic carbocycles. The number of H-pyrrole nitrogens is 1. The number of rotatable bonds is 3. The van der Waals surface area contributed by atoms with Crippen LogP contribution in [0.3, 0.4) is 0 Å². The maximum atomic E-state index is 12.5. The van der Waals surface area contributed by atoms with Crippen molar-refractivity contribution in [1.82, 2.24) is 25.0 Å². The van der Waals surface area contributed by atoms with Gasteiger partial charge in [0, 0.05) is 12.5 Å². The van der Waals surface area contributed by atoms with Gasteiger partial charge in [0.2, 0.25) is 0 Å². The zero-order valence-electron chi connectivity index (χ0n) is 9.90. The number of alkyl halides is 3. The van der Waals surface area contributed by atoms with Gasteiger partial charge in [-0.3, -0.25) is 9.89 Å². The molecular formula is C10H10F3N5O. The number of aryl methyl sites for hydroxylation is 1. The molecule has 2 rings (SSSR count). The molecule has 2 aromatic heterocycles. The smallest absolute Gasteiger partial charge is 0.268 e. The van der Waals surface area contributed by atoms with Crippen LogP contribution in [-0.2, 0) is 19.1 Å². The molecule has 6 nitrogen and oxygen atoms in total. The van der Waals surface area contributed by atoms with Crippen molar-refractivity contribution < 1.29 is 13.2 Å². The molecular weight excluding hydrogens is 263 g/mol. The summed E-state index contributed by atoms with van der Waals surface area (Å²) in [5.74, 6) is 0.806. The predicted molar refractivity (Wildman–Crippen MR) is 58.4 cm³/mol. The van der Waals surface area contributed by atoms with E-state index in [2.05, 4.69) is 20.3 Å². The topological polar surface area (TPSA) is 76.5 Å². The van der Waals surface area contributed by atoms with Gasteiger partial charge >= 0.3 is 6.18 Å². The monoisotopic (exact) mass is 273 g/mol. The fourth-order valence-corrected chi connectivity index (χ4v) is 1.42. The van der Waals surface area contributed by atoms with E-state index in [9.17, 15) is 18.0 Å². The lowest BCUT2D eigenvalue weighted by atomic mass is 10.4. The summed E-state index contributed by atoms with van der Waals surface area (Å²) in [6, 6.07) is 1.48. The Kier molecular flexibility index (Phi) is 3.36. The van der Waals surface area contributed by atoms with Gasteiger partial charge in [-0.1, -0.05) is 6.92 Å². The van der Waals surface area contributed by atoms with Gasteiger partial charge in [0.1, 0.15) is 12.4 Å². The van der Waals surface area contributed by atoms with Crippen LogP contribution in [0.5, 0.6) is 0 Å². The summed E-state index contributed by atoms with van der Waals surface area (Å²) in [7, 11) is 0. The minimum Gasteiger partial charge on any atom is -0.268 e. The van der Waals surface area contributed by atoms with Gasteiger partial charge in [-0.2, -0.15) is 23.4 Å². The number of nitrogens with one attached hydrogen (secondary N) is 1. The van der Waals surface area contributed by atoms with E-state index in [0.29, 0.717) is 23.0 Å². The van der Waals surface area contributed by atoms with E-state index in [-0.39, 0.29) is 12.4 Å². The van der Waals surface area contributed by atoms with Crippen molar-refractivity contribution in [2.75, 3.05) is 0 Å². The molecule has 0 amide bonds. The molecule has 2 heterocycles. The summed E-state index contributed by atoms with van der Waals surface area (Å²) >= 11 is 0. The lowest BCUT2D eigenvalue weighted by molar-refractivity contribution is -0.142. The second-order valence-electron chi connectivity index (χ2n) is 3.76. The van der Waals surface area contributed by atoms with Crippen molar-refractivity contribution >= 4 is 0 Å². The van der Waals surface area contributed by atoms with Crippen LogP contribution in [0.25, 0.3) is 0 Å². The molecule has 0 fully saturated rings. The number of halogens is 3. The van der Waals surface area contributed by atoms with E-state index in [4.69, 9.17) is 0 Å². The lowest BCUT2D eigenvalue weighted by Crippen LogP contribution is -2.26. The fourth-order valence-electron chi connectivity index (χ4n) is 1.42. The quantitative estimate of drug-likeness (QED) is 0.904. The second kappa shape index (κ2) is 4.82. The number of nitrogens with zero attached hydrogens (tertiary/aromatic N) is 4. The van der Waals surface area contributed by atoms with E-state index in [1.807, 2.05) is 6.92 Å². The Morgan fingerprint density at radius 3 is 2.68 bits per heavy atom. The van der Waals surface area contributed by atoms with E-state index in [1.54, 1.807) is 0 Å². The highest BCUT2D eigenvalue weighted by atomic mass is 19.4. The summed E-state index contributed by atoms with van der Waals surface area (Å²) < 4.78 is 38.1. The first-order valence-corrected chi connectivity index (χ1v) is 5.45. The average molecular weight is 273 g/mol. The third-order valence-electron chi connectivity index (χ3n) is 2.35. The summed E-state index contributed by atoms with van der Waals surface area (Å²) in [5.41, 5.74) is -1.76. The van der Waals surface area contributed by atoms with Gasteiger partial charge in [-0.05, 0) is 6.07 Å². The highest BCUT2D eigenvalue weighted by Gasteiger charge is 2.33. The third kappa shape index (κ3) is 2.98.